The van der Waals surface area contributed by atoms with E-state index in [2.05, 4.69) is 19.0 Å². The van der Waals surface area contributed by atoms with Gasteiger partial charge in [-0.15, -0.1) is 0 Å². The molecule has 1 saturated heterocycles. The van der Waals surface area contributed by atoms with Crippen LogP contribution in [0.15, 0.2) is 53.7 Å². The summed E-state index contributed by atoms with van der Waals surface area (Å²) in [5.41, 5.74) is 1.27. The van der Waals surface area contributed by atoms with Crippen molar-refractivity contribution >= 4 is 26.7 Å². The Labute approximate surface area is 184 Å². The van der Waals surface area contributed by atoms with E-state index in [4.69, 9.17) is 0 Å². The van der Waals surface area contributed by atoms with E-state index in [0.717, 1.165) is 55.0 Å². The second kappa shape index (κ2) is 8.97. The van der Waals surface area contributed by atoms with Crippen molar-refractivity contribution in [2.24, 2.45) is 0 Å². The van der Waals surface area contributed by atoms with E-state index in [9.17, 15) is 12.8 Å². The van der Waals surface area contributed by atoms with E-state index in [1.165, 1.54) is 6.33 Å². The number of anilines is 1. The molecular formula is C21H22F2N4O2S2. The zero-order valence-corrected chi connectivity index (χ0v) is 18.5. The fourth-order valence-corrected chi connectivity index (χ4v) is 5.82. The van der Waals surface area contributed by atoms with E-state index in [-0.39, 0.29) is 16.7 Å². The van der Waals surface area contributed by atoms with Crippen LogP contribution >= 0.6 is 11.5 Å². The molecule has 3 aromatic rings. The van der Waals surface area contributed by atoms with Crippen LogP contribution < -0.4 is 4.72 Å². The molecule has 4 rings (SSSR count). The predicted molar refractivity (Wildman–Crippen MR) is 115 cm³/mol. The minimum Gasteiger partial charge on any atom is -0.290 e. The monoisotopic (exact) mass is 464 g/mol. The Kier molecular flexibility index (Phi) is 6.31. The van der Waals surface area contributed by atoms with E-state index < -0.39 is 32.6 Å². The van der Waals surface area contributed by atoms with Crippen LogP contribution in [-0.2, 0) is 10.0 Å². The van der Waals surface area contributed by atoms with Crippen LogP contribution in [0.4, 0.5) is 13.9 Å². The molecule has 0 radical (unpaired) electrons. The molecule has 0 aliphatic carbocycles. The van der Waals surface area contributed by atoms with E-state index >= 15 is 4.39 Å². The molecule has 1 aliphatic rings. The van der Waals surface area contributed by atoms with Crippen LogP contribution in [-0.4, -0.2) is 29.2 Å². The Hall–Kier alpha value is -2.43. The summed E-state index contributed by atoms with van der Waals surface area (Å²) in [7, 11) is -4.33. The second-order valence-corrected chi connectivity index (χ2v) is 9.92. The summed E-state index contributed by atoms with van der Waals surface area (Å²) in [5, 5.41) is -0.0173. The third-order valence-electron chi connectivity index (χ3n) is 5.60. The quantitative estimate of drug-likeness (QED) is 0.561. The van der Waals surface area contributed by atoms with Crippen molar-refractivity contribution in [2.45, 2.75) is 43.2 Å². The molecule has 2 atom stereocenters. The molecular weight excluding hydrogens is 442 g/mol. The first-order valence-electron chi connectivity index (χ1n) is 9.96. The largest absolute Gasteiger partial charge is 0.290 e. The summed E-state index contributed by atoms with van der Waals surface area (Å²) in [6.45, 7) is 2.58. The van der Waals surface area contributed by atoms with Gasteiger partial charge in [-0.2, -0.15) is 4.37 Å². The molecule has 0 unspecified atom stereocenters. The van der Waals surface area contributed by atoms with Crippen LogP contribution in [0.1, 0.15) is 49.4 Å². The number of likely N-dealkylation sites (tertiary alicyclic amines) is 1. The number of rotatable bonds is 6. The normalized spacial score (nSPS) is 18.6. The molecule has 0 spiro atoms. The minimum absolute atomic E-state index is 0.0173. The number of halogens is 2. The predicted octanol–water partition coefficient (Wildman–Crippen LogP) is 4.91. The lowest BCUT2D eigenvalue weighted by atomic mass is 9.92. The molecule has 1 aromatic heterocycles. The lowest BCUT2D eigenvalue weighted by molar-refractivity contribution is 0.101. The Morgan fingerprint density at radius 1 is 1.16 bits per heavy atom. The zero-order valence-electron chi connectivity index (χ0n) is 16.8. The van der Waals surface area contributed by atoms with E-state index in [1.807, 2.05) is 37.3 Å². The highest BCUT2D eigenvalue weighted by molar-refractivity contribution is 7.93. The topological polar surface area (TPSA) is 75.2 Å². The fraction of sp³-hybridized carbons (Fsp3) is 0.333. The third kappa shape index (κ3) is 4.60. The zero-order chi connectivity index (χ0) is 22.0. The molecule has 1 aliphatic heterocycles. The Bertz CT molecular complexity index is 1140. The summed E-state index contributed by atoms with van der Waals surface area (Å²) < 4.78 is 60.7. The molecule has 1 fully saturated rings. The van der Waals surface area contributed by atoms with Gasteiger partial charge in [-0.1, -0.05) is 36.8 Å². The Balaban J connectivity index is 1.64. The van der Waals surface area contributed by atoms with E-state index in [1.54, 1.807) is 0 Å². The van der Waals surface area contributed by atoms with Crippen molar-refractivity contribution in [3.8, 4) is 0 Å². The number of hydrogen-bond donors (Lipinski definition) is 1. The van der Waals surface area contributed by atoms with Crippen molar-refractivity contribution in [2.75, 3.05) is 11.3 Å². The van der Waals surface area contributed by atoms with E-state index in [0.29, 0.717) is 0 Å². The summed E-state index contributed by atoms with van der Waals surface area (Å²) in [6.07, 6.45) is 4.13. The molecule has 0 saturated carbocycles. The maximum Gasteiger partial charge on any atom is 0.266 e. The van der Waals surface area contributed by atoms with Crippen LogP contribution in [0.25, 0.3) is 0 Å². The van der Waals surface area contributed by atoms with Gasteiger partial charge in [-0.05, 0) is 44.0 Å². The lowest BCUT2D eigenvalue weighted by Gasteiger charge is -2.40. The van der Waals surface area contributed by atoms with Gasteiger partial charge >= 0.3 is 0 Å². The fourth-order valence-electron chi connectivity index (χ4n) is 4.09. The first kappa shape index (κ1) is 21.8. The summed E-state index contributed by atoms with van der Waals surface area (Å²) in [6, 6.07) is 11.4. The number of hydrogen-bond acceptors (Lipinski definition) is 6. The minimum atomic E-state index is -4.33. The number of nitrogens with zero attached hydrogens (tertiary/aromatic N) is 3. The number of nitrogens with one attached hydrogen (secondary N) is 1. The van der Waals surface area contributed by atoms with Crippen LogP contribution in [0.5, 0.6) is 0 Å². The van der Waals surface area contributed by atoms with Gasteiger partial charge in [0, 0.05) is 29.2 Å². The van der Waals surface area contributed by atoms with Gasteiger partial charge < -0.3 is 0 Å². The smallest absolute Gasteiger partial charge is 0.266 e. The van der Waals surface area contributed by atoms with Gasteiger partial charge in [0.25, 0.3) is 10.0 Å². The molecule has 164 valence electrons. The number of aromatic nitrogens is 2. The SMILES string of the molecule is C[C@@H](c1cc(F)c(S(=O)(=O)Nc2ncns2)cc1F)N1CCCC[C@@H]1c1ccccc1. The average molecular weight is 465 g/mol. The average Bonchev–Trinajstić information content (AvgIpc) is 3.27. The maximum atomic E-state index is 15.1. The van der Waals surface area contributed by atoms with Gasteiger partial charge in [-0.25, -0.2) is 22.2 Å². The van der Waals surface area contributed by atoms with Crippen molar-refractivity contribution in [3.05, 3.63) is 71.6 Å². The van der Waals surface area contributed by atoms with Gasteiger partial charge in [0.2, 0.25) is 5.13 Å². The molecule has 1 N–H and O–H groups in total. The second-order valence-electron chi connectivity index (χ2n) is 7.49. The van der Waals surface area contributed by atoms with Crippen molar-refractivity contribution in [1.82, 2.24) is 14.3 Å². The lowest BCUT2D eigenvalue weighted by Crippen LogP contribution is -2.36. The highest BCUT2D eigenvalue weighted by Crippen LogP contribution is 2.38. The summed E-state index contributed by atoms with van der Waals surface area (Å²) >= 11 is 0.805. The van der Waals surface area contributed by atoms with Crippen molar-refractivity contribution < 1.29 is 17.2 Å². The first-order chi connectivity index (χ1) is 14.9. The molecule has 0 bridgehead atoms. The standard InChI is InChI=1S/C21H22F2N4O2S2/c1-14(27-10-6-5-9-19(27)15-7-3-2-4-8-15)16-11-18(23)20(12-17(16)22)31(28,29)26-21-24-13-25-30-21/h2-4,7-8,11-14,19H,5-6,9-10H2,1H3,(H,24,25,26)/t14-,19+/m0/s1. The Morgan fingerprint density at radius 3 is 2.65 bits per heavy atom. The molecule has 0 amide bonds. The van der Waals surface area contributed by atoms with Crippen LogP contribution in [0.2, 0.25) is 0 Å². The molecule has 31 heavy (non-hydrogen) atoms. The molecule has 6 nitrogen and oxygen atoms in total. The van der Waals surface area contributed by atoms with Gasteiger partial charge in [-0.3, -0.25) is 9.62 Å². The van der Waals surface area contributed by atoms with Crippen molar-refractivity contribution in [3.63, 3.8) is 0 Å². The maximum absolute atomic E-state index is 15.1. The highest BCUT2D eigenvalue weighted by Gasteiger charge is 2.31. The molecule has 2 heterocycles. The van der Waals surface area contributed by atoms with Crippen LogP contribution in [0, 0.1) is 11.6 Å². The summed E-state index contributed by atoms with van der Waals surface area (Å²) in [5.74, 6) is -1.77. The first-order valence-corrected chi connectivity index (χ1v) is 12.2. The number of benzene rings is 2. The summed E-state index contributed by atoms with van der Waals surface area (Å²) in [4.78, 5) is 5.12. The van der Waals surface area contributed by atoms with Gasteiger partial charge in [0.05, 0.1) is 0 Å². The molecule has 2 aromatic carbocycles. The van der Waals surface area contributed by atoms with Gasteiger partial charge in [0.15, 0.2) is 0 Å². The number of sulfonamides is 1. The third-order valence-corrected chi connectivity index (χ3v) is 7.66. The van der Waals surface area contributed by atoms with Gasteiger partial charge in [0.1, 0.15) is 22.9 Å². The Morgan fingerprint density at radius 2 is 1.94 bits per heavy atom. The van der Waals surface area contributed by atoms with Crippen LogP contribution in [0.3, 0.4) is 0 Å². The molecule has 10 heteroatoms. The highest BCUT2D eigenvalue weighted by atomic mass is 32.2. The number of piperidine rings is 1. The van der Waals surface area contributed by atoms with Crippen molar-refractivity contribution in [1.29, 1.82) is 0 Å².